The van der Waals surface area contributed by atoms with Crippen LogP contribution in [0.2, 0.25) is 10.0 Å². The number of hydrogen-bond donors (Lipinski definition) is 2. The minimum absolute atomic E-state index is 0.0359. The molecule has 45 heavy (non-hydrogen) atoms. The van der Waals surface area contributed by atoms with Crippen LogP contribution in [-0.4, -0.2) is 79.6 Å². The van der Waals surface area contributed by atoms with Crippen LogP contribution < -0.4 is 19.9 Å². The van der Waals surface area contributed by atoms with Crippen molar-refractivity contribution in [2.24, 2.45) is 0 Å². The molecule has 3 fully saturated rings. The second kappa shape index (κ2) is 12.0. The van der Waals surface area contributed by atoms with E-state index in [2.05, 4.69) is 22.0 Å². The molecule has 236 valence electrons. The Morgan fingerprint density at radius 3 is 2.47 bits per heavy atom. The van der Waals surface area contributed by atoms with Crippen molar-refractivity contribution in [3.63, 3.8) is 0 Å². The van der Waals surface area contributed by atoms with Gasteiger partial charge in [-0.25, -0.2) is 9.18 Å². The molecular formula is C33H33Cl2FN4O5. The number of anilines is 2. The molecule has 2 N–H and O–H groups in total. The normalized spacial score (nSPS) is 22.7. The first-order valence-electron chi connectivity index (χ1n) is 15.1. The number of nitrogens with one attached hydrogen (secondary N) is 1. The number of nitrogens with zero attached hydrogens (tertiary/aromatic N) is 3. The lowest BCUT2D eigenvalue weighted by atomic mass is 9.96. The van der Waals surface area contributed by atoms with E-state index in [-0.39, 0.29) is 58.0 Å². The number of para-hydroxylation sites is 1. The number of fused-ring (bicyclic) bond motifs is 3. The summed E-state index contributed by atoms with van der Waals surface area (Å²) in [5.41, 5.74) is 2.86. The summed E-state index contributed by atoms with van der Waals surface area (Å²) in [4.78, 5) is 31.7. The summed E-state index contributed by atoms with van der Waals surface area (Å²) in [5.74, 6) is -1.78. The van der Waals surface area contributed by atoms with E-state index in [1.54, 1.807) is 30.3 Å². The van der Waals surface area contributed by atoms with Crippen molar-refractivity contribution in [1.82, 2.24) is 10.2 Å². The van der Waals surface area contributed by atoms with E-state index >= 15 is 4.39 Å². The zero-order valence-electron chi connectivity index (χ0n) is 24.7. The molecule has 3 atom stereocenters. The highest BCUT2D eigenvalue weighted by Gasteiger charge is 2.40. The summed E-state index contributed by atoms with van der Waals surface area (Å²) in [6.07, 6.45) is 1.77. The molecule has 9 nitrogen and oxygen atoms in total. The fourth-order valence-corrected chi connectivity index (χ4v) is 7.70. The predicted molar refractivity (Wildman–Crippen MR) is 170 cm³/mol. The highest BCUT2D eigenvalue weighted by molar-refractivity contribution is 6.40. The van der Waals surface area contributed by atoms with Crippen LogP contribution in [0.4, 0.5) is 15.8 Å². The van der Waals surface area contributed by atoms with Gasteiger partial charge in [-0.05, 0) is 44.0 Å². The van der Waals surface area contributed by atoms with E-state index in [1.807, 2.05) is 6.07 Å². The molecular weight excluding hydrogens is 622 g/mol. The van der Waals surface area contributed by atoms with Crippen LogP contribution >= 0.6 is 23.2 Å². The lowest BCUT2D eigenvalue weighted by Gasteiger charge is -2.37. The number of amides is 1. The lowest BCUT2D eigenvalue weighted by Crippen LogP contribution is -2.49. The molecule has 4 heterocycles. The van der Waals surface area contributed by atoms with Crippen LogP contribution in [-0.2, 0) is 11.3 Å². The van der Waals surface area contributed by atoms with Crippen molar-refractivity contribution in [1.29, 1.82) is 0 Å². The first-order chi connectivity index (χ1) is 21.7. The summed E-state index contributed by atoms with van der Waals surface area (Å²) in [6, 6.07) is 12.0. The molecule has 0 saturated carbocycles. The maximum atomic E-state index is 15.7. The van der Waals surface area contributed by atoms with Gasteiger partial charge in [0.05, 0.1) is 58.7 Å². The molecule has 7 rings (SSSR count). The van der Waals surface area contributed by atoms with Crippen molar-refractivity contribution in [2.45, 2.75) is 44.4 Å². The van der Waals surface area contributed by atoms with Gasteiger partial charge < -0.3 is 34.6 Å². The number of piperazine rings is 1. The Bertz CT molecular complexity index is 1650. The van der Waals surface area contributed by atoms with Crippen molar-refractivity contribution < 1.29 is 28.6 Å². The van der Waals surface area contributed by atoms with Gasteiger partial charge in [0, 0.05) is 48.1 Å². The van der Waals surface area contributed by atoms with Crippen LogP contribution in [0.3, 0.4) is 0 Å². The average molecular weight is 656 g/mol. The van der Waals surface area contributed by atoms with Gasteiger partial charge in [-0.1, -0.05) is 41.4 Å². The number of carbonyl (C=O) groups is 2. The molecule has 1 amide bonds. The average Bonchev–Trinajstić information content (AvgIpc) is 3.26. The van der Waals surface area contributed by atoms with Crippen molar-refractivity contribution in [3.8, 4) is 16.9 Å². The van der Waals surface area contributed by atoms with Gasteiger partial charge in [0.15, 0.2) is 6.73 Å². The molecule has 2 bridgehead atoms. The van der Waals surface area contributed by atoms with Crippen LogP contribution in [0.25, 0.3) is 11.1 Å². The molecule has 2 unspecified atom stereocenters. The van der Waals surface area contributed by atoms with Gasteiger partial charge in [0.25, 0.3) is 5.91 Å². The highest BCUT2D eigenvalue weighted by Crippen LogP contribution is 2.43. The van der Waals surface area contributed by atoms with E-state index in [1.165, 1.54) is 4.90 Å². The number of rotatable bonds is 5. The van der Waals surface area contributed by atoms with Crippen molar-refractivity contribution in [3.05, 3.63) is 75.0 Å². The first kappa shape index (κ1) is 30.1. The van der Waals surface area contributed by atoms with E-state index in [9.17, 15) is 14.7 Å². The molecule has 4 aliphatic rings. The molecule has 3 aromatic carbocycles. The quantitative estimate of drug-likeness (QED) is 0.364. The Labute approximate surface area is 270 Å². The third-order valence-corrected chi connectivity index (χ3v) is 9.81. The minimum atomic E-state index is -1.19. The van der Waals surface area contributed by atoms with Gasteiger partial charge in [0.1, 0.15) is 11.6 Å². The topological polar surface area (TPSA) is 94.6 Å². The number of carbonyl (C=O) groups excluding carboxylic acids is 1. The number of halogens is 3. The maximum absolute atomic E-state index is 15.7. The van der Waals surface area contributed by atoms with Crippen LogP contribution in [0.15, 0.2) is 42.5 Å². The Kier molecular flexibility index (Phi) is 8.02. The van der Waals surface area contributed by atoms with Crippen LogP contribution in [0.5, 0.6) is 5.75 Å². The maximum Gasteiger partial charge on any atom is 0.337 e. The number of ether oxygens (including phenoxy) is 2. The molecule has 0 aliphatic carbocycles. The Morgan fingerprint density at radius 2 is 1.78 bits per heavy atom. The number of carboxylic acids is 1. The predicted octanol–water partition coefficient (Wildman–Crippen LogP) is 5.66. The smallest absolute Gasteiger partial charge is 0.337 e. The minimum Gasteiger partial charge on any atom is -0.478 e. The lowest BCUT2D eigenvalue weighted by molar-refractivity contribution is 0.0516. The van der Waals surface area contributed by atoms with Gasteiger partial charge in [-0.3, -0.25) is 4.79 Å². The summed E-state index contributed by atoms with van der Waals surface area (Å²) in [7, 11) is 0. The van der Waals surface area contributed by atoms with E-state index in [0.29, 0.717) is 41.8 Å². The van der Waals surface area contributed by atoms with Gasteiger partial charge >= 0.3 is 5.97 Å². The second-order valence-electron chi connectivity index (χ2n) is 12.1. The molecule has 0 spiro atoms. The SMILES string of the molecule is C[C@@H]1CN(c2cc(Cl)c(C(=O)N3COc4c(cccc4-c4cc(N5C6CCC5COC6)c(C(=O)O)cc4F)C3)c(Cl)c2)CCN1. The van der Waals surface area contributed by atoms with Gasteiger partial charge in [0.2, 0.25) is 0 Å². The molecule has 0 radical (unpaired) electrons. The molecule has 0 aromatic heterocycles. The van der Waals surface area contributed by atoms with Crippen molar-refractivity contribution in [2.75, 3.05) is 49.4 Å². The molecule has 12 heteroatoms. The van der Waals surface area contributed by atoms with Gasteiger partial charge in [-0.2, -0.15) is 0 Å². The zero-order chi connectivity index (χ0) is 31.4. The largest absolute Gasteiger partial charge is 0.478 e. The fourth-order valence-electron chi connectivity index (χ4n) is 7.06. The molecule has 4 aliphatic heterocycles. The number of carboxylic acid groups (broad SMARTS) is 1. The Hall–Kier alpha value is -3.57. The number of aromatic carboxylic acids is 1. The summed E-state index contributed by atoms with van der Waals surface area (Å²) < 4.78 is 27.5. The summed E-state index contributed by atoms with van der Waals surface area (Å²) >= 11 is 13.3. The second-order valence-corrected chi connectivity index (χ2v) is 13.0. The van der Waals surface area contributed by atoms with Gasteiger partial charge in [-0.15, -0.1) is 0 Å². The third-order valence-electron chi connectivity index (χ3n) is 9.21. The highest BCUT2D eigenvalue weighted by atomic mass is 35.5. The number of hydrogen-bond acceptors (Lipinski definition) is 7. The number of morpholine rings is 1. The standard InChI is InChI=1S/C33H33Cl2FN4O5/c1-18-13-38(8-7-37-18)22-9-26(34)30(27(35)10-22)32(41)39-14-19-3-2-4-23(31(19)45-17-39)24-12-29(25(33(42)43)11-28(24)36)40-20-5-6-21(40)16-44-15-20/h2-4,9-12,18,20-21,37H,5-8,13-17H2,1H3,(H,42,43)/t18-,20?,21?/m1/s1. The molecule has 3 saturated heterocycles. The zero-order valence-corrected chi connectivity index (χ0v) is 26.2. The first-order valence-corrected chi connectivity index (χ1v) is 15.9. The van der Waals surface area contributed by atoms with Crippen molar-refractivity contribution >= 4 is 46.5 Å². The van der Waals surface area contributed by atoms with Crippen LogP contribution in [0, 0.1) is 5.82 Å². The van der Waals surface area contributed by atoms with E-state index in [0.717, 1.165) is 44.2 Å². The van der Waals surface area contributed by atoms with E-state index < -0.39 is 11.8 Å². The number of benzene rings is 3. The fraction of sp³-hybridized carbons (Fsp3) is 0.394. The monoisotopic (exact) mass is 654 g/mol. The molecule has 3 aromatic rings. The third kappa shape index (κ3) is 5.48. The van der Waals surface area contributed by atoms with Crippen LogP contribution in [0.1, 0.15) is 46.0 Å². The summed E-state index contributed by atoms with van der Waals surface area (Å²) in [6.45, 7) is 5.66. The Balaban J connectivity index is 1.18. The van der Waals surface area contributed by atoms with E-state index in [4.69, 9.17) is 32.7 Å². The summed E-state index contributed by atoms with van der Waals surface area (Å²) in [5, 5.41) is 13.9. The Morgan fingerprint density at radius 1 is 1.04 bits per heavy atom.